The molecule has 0 heterocycles. The van der Waals surface area contributed by atoms with Gasteiger partial charge < -0.3 is 14.9 Å². The molecule has 0 saturated carbocycles. The highest BCUT2D eigenvalue weighted by atomic mass is 16.5. The van der Waals surface area contributed by atoms with Gasteiger partial charge in [0.2, 0.25) is 0 Å². The molecule has 0 fully saturated rings. The summed E-state index contributed by atoms with van der Waals surface area (Å²) in [4.78, 5) is 10.8. The molecule has 0 unspecified atom stereocenters. The van der Waals surface area contributed by atoms with E-state index in [1.54, 1.807) is 6.92 Å². The average Bonchev–Trinajstić information content (AvgIpc) is 2.16. The molecule has 0 atom stereocenters. The molecule has 2 N–H and O–H groups in total. The molecule has 15 heavy (non-hydrogen) atoms. The van der Waals surface area contributed by atoms with Gasteiger partial charge in [-0.1, -0.05) is 6.92 Å². The highest BCUT2D eigenvalue weighted by Crippen LogP contribution is 2.20. The van der Waals surface area contributed by atoms with E-state index >= 15 is 0 Å². The summed E-state index contributed by atoms with van der Waals surface area (Å²) in [6.45, 7) is 1.98. The largest absolute Gasteiger partial charge is 0.508 e. The van der Waals surface area contributed by atoms with Crippen molar-refractivity contribution in [3.05, 3.63) is 23.8 Å². The van der Waals surface area contributed by atoms with Crippen LogP contribution in [0.4, 0.5) is 0 Å². The summed E-state index contributed by atoms with van der Waals surface area (Å²) in [6, 6.07) is 4.31. The van der Waals surface area contributed by atoms with Crippen LogP contribution < -0.4 is 0 Å². The van der Waals surface area contributed by atoms with Crippen molar-refractivity contribution in [2.45, 2.75) is 19.8 Å². The van der Waals surface area contributed by atoms with Crippen molar-refractivity contribution in [3.8, 4) is 11.5 Å². The van der Waals surface area contributed by atoms with Crippen LogP contribution in [0.25, 0.3) is 0 Å². The molecular weight excluding hydrogens is 196 g/mol. The van der Waals surface area contributed by atoms with E-state index in [1.807, 2.05) is 0 Å². The molecule has 82 valence electrons. The van der Waals surface area contributed by atoms with Gasteiger partial charge >= 0.3 is 5.97 Å². The summed E-state index contributed by atoms with van der Waals surface area (Å²) in [7, 11) is 0. The zero-order valence-electron chi connectivity index (χ0n) is 8.56. The van der Waals surface area contributed by atoms with E-state index < -0.39 is 0 Å². The van der Waals surface area contributed by atoms with Crippen LogP contribution in [0.1, 0.15) is 18.9 Å². The van der Waals surface area contributed by atoms with Gasteiger partial charge in [0.05, 0.1) is 6.61 Å². The smallest absolute Gasteiger partial charge is 0.305 e. The topological polar surface area (TPSA) is 66.8 Å². The van der Waals surface area contributed by atoms with E-state index in [1.165, 1.54) is 18.2 Å². The summed E-state index contributed by atoms with van der Waals surface area (Å²) in [5.41, 5.74) is 0.733. The van der Waals surface area contributed by atoms with Crippen LogP contribution in [0, 0.1) is 0 Å². The molecule has 1 aromatic rings. The van der Waals surface area contributed by atoms with Crippen LogP contribution in [0.5, 0.6) is 11.5 Å². The summed E-state index contributed by atoms with van der Waals surface area (Å²) in [5, 5.41) is 18.4. The van der Waals surface area contributed by atoms with Crippen LogP contribution in [0.2, 0.25) is 0 Å². The van der Waals surface area contributed by atoms with E-state index in [4.69, 9.17) is 4.74 Å². The first-order valence-electron chi connectivity index (χ1n) is 4.79. The van der Waals surface area contributed by atoms with Crippen molar-refractivity contribution in [2.75, 3.05) is 6.61 Å². The number of benzene rings is 1. The lowest BCUT2D eigenvalue weighted by molar-refractivity contribution is -0.143. The summed E-state index contributed by atoms with van der Waals surface area (Å²) in [6.07, 6.45) is 0.832. The minimum Gasteiger partial charge on any atom is -0.508 e. The lowest BCUT2D eigenvalue weighted by Gasteiger charge is -2.04. The molecule has 0 aliphatic heterocycles. The second-order valence-electron chi connectivity index (χ2n) is 3.18. The van der Waals surface area contributed by atoms with Crippen molar-refractivity contribution in [3.63, 3.8) is 0 Å². The second-order valence-corrected chi connectivity index (χ2v) is 3.18. The Morgan fingerprint density at radius 1 is 1.27 bits per heavy atom. The molecule has 0 amide bonds. The number of carbonyl (C=O) groups is 1. The van der Waals surface area contributed by atoms with Crippen molar-refractivity contribution >= 4 is 5.97 Å². The monoisotopic (exact) mass is 210 g/mol. The maximum absolute atomic E-state index is 10.8. The zero-order valence-corrected chi connectivity index (χ0v) is 8.56. The van der Waals surface area contributed by atoms with Crippen LogP contribution in [-0.2, 0) is 16.0 Å². The van der Waals surface area contributed by atoms with Crippen LogP contribution in [-0.4, -0.2) is 22.8 Å². The minimum atomic E-state index is -0.251. The Morgan fingerprint density at radius 2 is 1.87 bits per heavy atom. The number of phenols is 2. The molecule has 4 nitrogen and oxygen atoms in total. The predicted molar refractivity (Wildman–Crippen MR) is 54.7 cm³/mol. The Morgan fingerprint density at radius 3 is 2.40 bits per heavy atom. The predicted octanol–water partition coefficient (Wildman–Crippen LogP) is 1.59. The molecule has 0 bridgehead atoms. The van der Waals surface area contributed by atoms with E-state index in [0.717, 1.165) is 5.56 Å². The average molecular weight is 210 g/mol. The van der Waals surface area contributed by atoms with Gasteiger partial charge in [0.25, 0.3) is 0 Å². The van der Waals surface area contributed by atoms with Crippen molar-refractivity contribution in [1.82, 2.24) is 0 Å². The van der Waals surface area contributed by atoms with Gasteiger partial charge in [-0.2, -0.15) is 0 Å². The van der Waals surface area contributed by atoms with Gasteiger partial charge in [-0.3, -0.25) is 4.79 Å². The first-order valence-corrected chi connectivity index (χ1v) is 4.79. The number of hydrogen-bond acceptors (Lipinski definition) is 4. The third-order valence-corrected chi connectivity index (χ3v) is 1.90. The van der Waals surface area contributed by atoms with Crippen LogP contribution in [0.15, 0.2) is 18.2 Å². The highest BCUT2D eigenvalue weighted by molar-refractivity contribution is 5.68. The van der Waals surface area contributed by atoms with Gasteiger partial charge in [0, 0.05) is 18.9 Å². The van der Waals surface area contributed by atoms with Crippen molar-refractivity contribution < 1.29 is 19.7 Å². The Balaban J connectivity index is 2.47. The normalized spacial score (nSPS) is 9.93. The van der Waals surface area contributed by atoms with Gasteiger partial charge in [-0.15, -0.1) is 0 Å². The SMILES string of the molecule is CCC(=O)OCCc1cc(O)cc(O)c1. The number of phenolic OH excluding ortho intramolecular Hbond substituents is 2. The minimum absolute atomic E-state index is 0.00631. The first kappa shape index (κ1) is 11.4. The Hall–Kier alpha value is -1.71. The highest BCUT2D eigenvalue weighted by Gasteiger charge is 2.01. The van der Waals surface area contributed by atoms with Gasteiger partial charge in [0.15, 0.2) is 0 Å². The summed E-state index contributed by atoms with van der Waals surface area (Å²) < 4.78 is 4.87. The van der Waals surface area contributed by atoms with Gasteiger partial charge in [-0.05, 0) is 17.7 Å². The maximum Gasteiger partial charge on any atom is 0.305 e. The summed E-state index contributed by atoms with van der Waals surface area (Å²) >= 11 is 0. The number of rotatable bonds is 4. The van der Waals surface area contributed by atoms with E-state index in [2.05, 4.69) is 0 Å². The Labute approximate surface area is 88.1 Å². The molecule has 0 saturated heterocycles. The molecule has 0 aromatic heterocycles. The standard InChI is InChI=1S/C11H14O4/c1-2-11(14)15-4-3-8-5-9(12)7-10(13)6-8/h5-7,12-13H,2-4H2,1H3. The first-order chi connectivity index (χ1) is 7.11. The summed E-state index contributed by atoms with van der Waals surface area (Å²) in [5.74, 6) is -0.238. The number of ether oxygens (including phenoxy) is 1. The molecule has 1 rings (SSSR count). The van der Waals surface area contributed by atoms with Gasteiger partial charge in [0.1, 0.15) is 11.5 Å². The fourth-order valence-corrected chi connectivity index (χ4v) is 1.19. The Bertz CT molecular complexity index is 326. The van der Waals surface area contributed by atoms with E-state index in [0.29, 0.717) is 12.8 Å². The fraction of sp³-hybridized carbons (Fsp3) is 0.364. The van der Waals surface area contributed by atoms with Gasteiger partial charge in [-0.25, -0.2) is 0 Å². The number of carbonyl (C=O) groups excluding carboxylic acids is 1. The van der Waals surface area contributed by atoms with Crippen molar-refractivity contribution in [1.29, 1.82) is 0 Å². The molecular formula is C11H14O4. The molecule has 0 radical (unpaired) electrons. The number of esters is 1. The zero-order chi connectivity index (χ0) is 11.3. The van der Waals surface area contributed by atoms with Crippen LogP contribution >= 0.6 is 0 Å². The Kier molecular flexibility index (Phi) is 3.97. The van der Waals surface area contributed by atoms with Crippen molar-refractivity contribution in [2.24, 2.45) is 0 Å². The fourth-order valence-electron chi connectivity index (χ4n) is 1.19. The lowest BCUT2D eigenvalue weighted by Crippen LogP contribution is -2.05. The molecule has 0 aliphatic carbocycles. The third-order valence-electron chi connectivity index (χ3n) is 1.90. The maximum atomic E-state index is 10.8. The van der Waals surface area contributed by atoms with Crippen LogP contribution in [0.3, 0.4) is 0 Å². The molecule has 1 aromatic carbocycles. The molecule has 0 spiro atoms. The van der Waals surface area contributed by atoms with E-state index in [-0.39, 0.29) is 24.1 Å². The number of aromatic hydroxyl groups is 2. The molecule has 0 aliphatic rings. The second kappa shape index (κ2) is 5.24. The number of hydrogen-bond donors (Lipinski definition) is 2. The quantitative estimate of drug-likeness (QED) is 0.740. The van der Waals surface area contributed by atoms with E-state index in [9.17, 15) is 15.0 Å². The third kappa shape index (κ3) is 3.89. The molecule has 4 heteroatoms. The lowest BCUT2D eigenvalue weighted by atomic mass is 10.1.